The highest BCUT2D eigenvalue weighted by Gasteiger charge is 2.37. The van der Waals surface area contributed by atoms with E-state index in [9.17, 15) is 4.79 Å². The molecule has 3 N–H and O–H groups in total. The molecule has 3 atom stereocenters. The molecule has 106 valence electrons. The summed E-state index contributed by atoms with van der Waals surface area (Å²) in [7, 11) is 0. The summed E-state index contributed by atoms with van der Waals surface area (Å²) in [6.07, 6.45) is 3.44. The van der Waals surface area contributed by atoms with Crippen molar-refractivity contribution in [3.63, 3.8) is 0 Å². The number of hydrogen-bond acceptors (Lipinski definition) is 5. The molecule has 4 rings (SSSR count). The first-order chi connectivity index (χ1) is 9.70. The fourth-order valence-corrected chi connectivity index (χ4v) is 3.62. The van der Waals surface area contributed by atoms with Gasteiger partial charge in [0.15, 0.2) is 5.65 Å². The van der Waals surface area contributed by atoms with E-state index in [0.29, 0.717) is 23.5 Å². The lowest BCUT2D eigenvalue weighted by Crippen LogP contribution is -2.32. The van der Waals surface area contributed by atoms with Crippen molar-refractivity contribution in [2.45, 2.75) is 25.3 Å². The summed E-state index contributed by atoms with van der Waals surface area (Å²) in [5.74, 6) is 2.23. The van der Waals surface area contributed by atoms with E-state index in [1.54, 1.807) is 0 Å². The summed E-state index contributed by atoms with van der Waals surface area (Å²) in [5.41, 5.74) is 6.33. The second-order valence-corrected chi connectivity index (χ2v) is 5.99. The number of rotatable bonds is 1. The molecule has 7 nitrogen and oxygen atoms in total. The third kappa shape index (κ3) is 1.81. The van der Waals surface area contributed by atoms with Crippen LogP contribution in [0.1, 0.15) is 19.3 Å². The van der Waals surface area contributed by atoms with E-state index in [1.807, 2.05) is 12.1 Å². The van der Waals surface area contributed by atoms with E-state index in [-0.39, 0.29) is 5.69 Å². The maximum atomic E-state index is 11.6. The van der Waals surface area contributed by atoms with Gasteiger partial charge in [-0.05, 0) is 43.2 Å². The molecule has 0 amide bonds. The third-order valence-electron chi connectivity index (χ3n) is 4.67. The Hall–Kier alpha value is -1.89. The second kappa shape index (κ2) is 4.31. The standard InChI is InChI=1S/C13H18N6O/c14-10-2-1-8-6-18(7-9(8)5-10)12-4-3-11-15-16-13(20)19(11)17-12/h3-4,8-10H,1-2,5-7,14H2,(H,16,20)/t8-,9+,10?/m1/s1. The fourth-order valence-electron chi connectivity index (χ4n) is 3.62. The van der Waals surface area contributed by atoms with Crippen LogP contribution in [-0.2, 0) is 0 Å². The molecule has 2 aliphatic rings. The highest BCUT2D eigenvalue weighted by molar-refractivity contribution is 5.46. The van der Waals surface area contributed by atoms with E-state index >= 15 is 0 Å². The fraction of sp³-hybridized carbons (Fsp3) is 0.615. The predicted octanol–water partition coefficient (Wildman–Crippen LogP) is -0.0188. The molecule has 0 spiro atoms. The third-order valence-corrected chi connectivity index (χ3v) is 4.67. The summed E-state index contributed by atoms with van der Waals surface area (Å²) in [4.78, 5) is 13.9. The van der Waals surface area contributed by atoms with Crippen LogP contribution in [-0.4, -0.2) is 38.9 Å². The molecule has 1 aliphatic carbocycles. The first-order valence-corrected chi connectivity index (χ1v) is 7.16. The number of nitrogens with two attached hydrogens (primary N) is 1. The molecule has 1 saturated heterocycles. The summed E-state index contributed by atoms with van der Waals surface area (Å²) in [6.45, 7) is 2.01. The van der Waals surface area contributed by atoms with Crippen LogP contribution in [0.5, 0.6) is 0 Å². The molecule has 2 aromatic heterocycles. The van der Waals surface area contributed by atoms with Crippen molar-refractivity contribution < 1.29 is 0 Å². The van der Waals surface area contributed by atoms with Gasteiger partial charge in [-0.3, -0.25) is 0 Å². The first-order valence-electron chi connectivity index (χ1n) is 7.16. The van der Waals surface area contributed by atoms with Gasteiger partial charge in [0.05, 0.1) is 0 Å². The Bertz CT molecular complexity index is 691. The first kappa shape index (κ1) is 11.9. The average molecular weight is 274 g/mol. The zero-order valence-electron chi connectivity index (χ0n) is 11.2. The van der Waals surface area contributed by atoms with Gasteiger partial charge >= 0.3 is 5.69 Å². The summed E-state index contributed by atoms with van der Waals surface area (Å²) in [6, 6.07) is 4.11. The molecule has 1 aliphatic heterocycles. The topological polar surface area (TPSA) is 92.3 Å². The molecule has 1 saturated carbocycles. The van der Waals surface area contributed by atoms with Crippen molar-refractivity contribution >= 4 is 11.5 Å². The summed E-state index contributed by atoms with van der Waals surface area (Å²) in [5, 5.41) is 10.7. The molecule has 7 heteroatoms. The van der Waals surface area contributed by atoms with Gasteiger partial charge in [0.25, 0.3) is 0 Å². The Morgan fingerprint density at radius 2 is 2.10 bits per heavy atom. The Kier molecular flexibility index (Phi) is 2.56. The number of aromatic amines is 1. The molecule has 3 heterocycles. The molecule has 2 aromatic rings. The maximum absolute atomic E-state index is 11.6. The van der Waals surface area contributed by atoms with Gasteiger partial charge in [-0.1, -0.05) is 0 Å². The van der Waals surface area contributed by atoms with Crippen molar-refractivity contribution in [3.8, 4) is 0 Å². The Morgan fingerprint density at radius 1 is 1.25 bits per heavy atom. The van der Waals surface area contributed by atoms with Crippen molar-refractivity contribution in [2.75, 3.05) is 18.0 Å². The van der Waals surface area contributed by atoms with Crippen LogP contribution in [0.2, 0.25) is 0 Å². The van der Waals surface area contributed by atoms with Gasteiger partial charge in [0.1, 0.15) is 5.82 Å². The van der Waals surface area contributed by atoms with Gasteiger partial charge in [0.2, 0.25) is 0 Å². The zero-order valence-corrected chi connectivity index (χ0v) is 11.2. The van der Waals surface area contributed by atoms with Crippen molar-refractivity contribution in [1.29, 1.82) is 0 Å². The van der Waals surface area contributed by atoms with Crippen molar-refractivity contribution in [3.05, 3.63) is 22.6 Å². The monoisotopic (exact) mass is 274 g/mol. The van der Waals surface area contributed by atoms with E-state index in [1.165, 1.54) is 10.9 Å². The lowest BCUT2D eigenvalue weighted by atomic mass is 9.79. The van der Waals surface area contributed by atoms with Gasteiger partial charge < -0.3 is 10.6 Å². The highest BCUT2D eigenvalue weighted by atomic mass is 16.2. The van der Waals surface area contributed by atoms with E-state index in [2.05, 4.69) is 20.2 Å². The number of H-pyrrole nitrogens is 1. The Morgan fingerprint density at radius 3 is 3.00 bits per heavy atom. The van der Waals surface area contributed by atoms with Crippen LogP contribution in [0.15, 0.2) is 16.9 Å². The lowest BCUT2D eigenvalue weighted by molar-refractivity contribution is 0.271. The van der Waals surface area contributed by atoms with E-state index < -0.39 is 0 Å². The largest absolute Gasteiger partial charge is 0.364 e. The minimum Gasteiger partial charge on any atom is -0.355 e. The normalized spacial score (nSPS) is 29.9. The van der Waals surface area contributed by atoms with Crippen molar-refractivity contribution in [1.82, 2.24) is 19.8 Å². The molecule has 1 unspecified atom stereocenters. The van der Waals surface area contributed by atoms with Gasteiger partial charge in [-0.25, -0.2) is 9.89 Å². The predicted molar refractivity (Wildman–Crippen MR) is 74.6 cm³/mol. The van der Waals surface area contributed by atoms with Gasteiger partial charge in [0, 0.05) is 19.1 Å². The van der Waals surface area contributed by atoms with Crippen LogP contribution < -0.4 is 16.3 Å². The van der Waals surface area contributed by atoms with Crippen LogP contribution in [0.4, 0.5) is 5.82 Å². The van der Waals surface area contributed by atoms with Crippen LogP contribution >= 0.6 is 0 Å². The molecular formula is C13H18N6O. The number of anilines is 1. The number of nitrogens with one attached hydrogen (secondary N) is 1. The quantitative estimate of drug-likeness (QED) is 0.762. The van der Waals surface area contributed by atoms with Crippen LogP contribution in [0.25, 0.3) is 5.65 Å². The maximum Gasteiger partial charge on any atom is 0.364 e. The minimum absolute atomic E-state index is 0.291. The number of hydrogen-bond donors (Lipinski definition) is 2. The minimum atomic E-state index is -0.291. The summed E-state index contributed by atoms with van der Waals surface area (Å²) >= 11 is 0. The van der Waals surface area contributed by atoms with Crippen molar-refractivity contribution in [2.24, 2.45) is 17.6 Å². The zero-order chi connectivity index (χ0) is 13.7. The smallest absolute Gasteiger partial charge is 0.355 e. The molecule has 0 bridgehead atoms. The van der Waals surface area contributed by atoms with Crippen LogP contribution in [0.3, 0.4) is 0 Å². The van der Waals surface area contributed by atoms with E-state index in [0.717, 1.165) is 31.7 Å². The summed E-state index contributed by atoms with van der Waals surface area (Å²) < 4.78 is 1.32. The van der Waals surface area contributed by atoms with Gasteiger partial charge in [-0.15, -0.1) is 5.10 Å². The van der Waals surface area contributed by atoms with Gasteiger partial charge in [-0.2, -0.15) is 9.61 Å². The molecule has 0 aromatic carbocycles. The number of fused-ring (bicyclic) bond motifs is 2. The Balaban J connectivity index is 1.63. The average Bonchev–Trinajstić information content (AvgIpc) is 3.02. The molecule has 2 fully saturated rings. The number of nitrogens with zero attached hydrogens (tertiary/aromatic N) is 4. The van der Waals surface area contributed by atoms with Crippen LogP contribution in [0, 0.1) is 11.8 Å². The SMILES string of the molecule is NC1CC[C@@H]2CN(c3ccc4n[nH]c(=O)n4n3)C[C@@H]2C1. The molecular weight excluding hydrogens is 256 g/mol. The lowest BCUT2D eigenvalue weighted by Gasteiger charge is -2.27. The number of aromatic nitrogens is 4. The molecule has 0 radical (unpaired) electrons. The highest BCUT2D eigenvalue weighted by Crippen LogP contribution is 2.37. The van der Waals surface area contributed by atoms with E-state index in [4.69, 9.17) is 5.73 Å². The Labute approximate surface area is 115 Å². The molecule has 20 heavy (non-hydrogen) atoms. The second-order valence-electron chi connectivity index (χ2n) is 5.99.